The summed E-state index contributed by atoms with van der Waals surface area (Å²) in [6, 6.07) is 21.2. The van der Waals surface area contributed by atoms with Crippen LogP contribution in [0.5, 0.6) is 0 Å². The standard InChI is InChI=1S/C25H20N4O5S/c30-25-14-18(17-5-2-1-3-6-17)13-24-23(25)16-26-28(24)20-9-11-22(12-10-20)35(33,34)27-19-7-4-8-21(15-19)29(31)32/h1-12,15-16,18,27H,13-14H2. The molecule has 176 valence electrons. The minimum atomic E-state index is -3.97. The van der Waals surface area contributed by atoms with Gasteiger partial charge in [-0.15, -0.1) is 0 Å². The number of nitrogens with one attached hydrogen (secondary N) is 1. The topological polar surface area (TPSA) is 124 Å². The first-order chi connectivity index (χ1) is 16.8. The summed E-state index contributed by atoms with van der Waals surface area (Å²) >= 11 is 0. The van der Waals surface area contributed by atoms with Crippen LogP contribution in [0.15, 0.2) is 90.0 Å². The monoisotopic (exact) mass is 488 g/mol. The number of ketones is 1. The van der Waals surface area contributed by atoms with Gasteiger partial charge in [-0.05, 0) is 48.2 Å². The van der Waals surface area contributed by atoms with E-state index in [1.165, 1.54) is 30.3 Å². The predicted octanol–water partition coefficient (Wildman–Crippen LogP) is 4.49. The average Bonchev–Trinajstić information content (AvgIpc) is 3.29. The maximum atomic E-state index is 12.8. The molecule has 0 radical (unpaired) electrons. The number of hydrogen-bond acceptors (Lipinski definition) is 6. The molecule has 3 aromatic carbocycles. The van der Waals surface area contributed by atoms with Gasteiger partial charge in [0.2, 0.25) is 0 Å². The van der Waals surface area contributed by atoms with Crippen molar-refractivity contribution in [3.8, 4) is 5.69 Å². The van der Waals surface area contributed by atoms with Gasteiger partial charge in [-0.1, -0.05) is 36.4 Å². The second-order valence-electron chi connectivity index (χ2n) is 8.26. The number of hydrogen-bond donors (Lipinski definition) is 1. The van der Waals surface area contributed by atoms with Crippen molar-refractivity contribution in [1.82, 2.24) is 9.78 Å². The molecule has 0 saturated heterocycles. The van der Waals surface area contributed by atoms with Crippen LogP contribution in [0.25, 0.3) is 5.69 Å². The lowest BCUT2D eigenvalue weighted by atomic mass is 9.82. The highest BCUT2D eigenvalue weighted by atomic mass is 32.2. The maximum absolute atomic E-state index is 12.8. The number of benzene rings is 3. The maximum Gasteiger partial charge on any atom is 0.271 e. The highest BCUT2D eigenvalue weighted by Gasteiger charge is 2.30. The Labute approximate surface area is 201 Å². The number of nitro benzene ring substituents is 1. The Hall–Kier alpha value is -4.31. The van der Waals surface area contributed by atoms with Gasteiger partial charge in [0.1, 0.15) is 0 Å². The van der Waals surface area contributed by atoms with Crippen LogP contribution < -0.4 is 4.72 Å². The number of carbonyl (C=O) groups is 1. The molecule has 1 unspecified atom stereocenters. The predicted molar refractivity (Wildman–Crippen MR) is 129 cm³/mol. The number of nitro groups is 1. The minimum absolute atomic E-state index is 0.00739. The van der Waals surface area contributed by atoms with Gasteiger partial charge in [-0.3, -0.25) is 19.6 Å². The summed E-state index contributed by atoms with van der Waals surface area (Å²) in [5, 5.41) is 15.4. The molecule has 0 saturated carbocycles. The number of fused-ring (bicyclic) bond motifs is 1. The Balaban J connectivity index is 1.41. The van der Waals surface area contributed by atoms with E-state index in [9.17, 15) is 23.3 Å². The van der Waals surface area contributed by atoms with Crippen LogP contribution in [0.1, 0.15) is 34.0 Å². The Morgan fingerprint density at radius 2 is 1.71 bits per heavy atom. The van der Waals surface area contributed by atoms with Gasteiger partial charge in [0, 0.05) is 18.6 Å². The fourth-order valence-corrected chi connectivity index (χ4v) is 5.34. The quantitative estimate of drug-likeness (QED) is 0.315. The SMILES string of the molecule is O=C1CC(c2ccccc2)Cc2c1cnn2-c1ccc(S(=O)(=O)Nc2cccc([N+](=O)[O-])c2)cc1. The summed E-state index contributed by atoms with van der Waals surface area (Å²) in [7, 11) is -3.97. The van der Waals surface area contributed by atoms with Crippen molar-refractivity contribution in [2.24, 2.45) is 0 Å². The van der Waals surface area contributed by atoms with E-state index >= 15 is 0 Å². The van der Waals surface area contributed by atoms with Gasteiger partial charge in [0.05, 0.1) is 38.6 Å². The largest absolute Gasteiger partial charge is 0.294 e. The van der Waals surface area contributed by atoms with Gasteiger partial charge in [-0.25, -0.2) is 13.1 Å². The summed E-state index contributed by atoms with van der Waals surface area (Å²) in [5.74, 6) is 0.0807. The van der Waals surface area contributed by atoms with E-state index in [2.05, 4.69) is 9.82 Å². The summed E-state index contributed by atoms with van der Waals surface area (Å²) in [5.41, 5.74) is 2.97. The van der Waals surface area contributed by atoms with Gasteiger partial charge >= 0.3 is 0 Å². The van der Waals surface area contributed by atoms with Gasteiger partial charge < -0.3 is 0 Å². The molecule has 4 aromatic rings. The highest BCUT2D eigenvalue weighted by Crippen LogP contribution is 2.33. The number of aromatic nitrogens is 2. The molecule has 9 nitrogen and oxygen atoms in total. The molecule has 1 heterocycles. The summed E-state index contributed by atoms with van der Waals surface area (Å²) < 4.78 is 29.7. The number of carbonyl (C=O) groups excluding carboxylic acids is 1. The fourth-order valence-electron chi connectivity index (χ4n) is 4.29. The minimum Gasteiger partial charge on any atom is -0.294 e. The zero-order valence-electron chi connectivity index (χ0n) is 18.4. The van der Waals surface area contributed by atoms with Gasteiger partial charge in [0.25, 0.3) is 15.7 Å². The third kappa shape index (κ3) is 4.43. The van der Waals surface area contributed by atoms with Crippen LogP contribution in [0.4, 0.5) is 11.4 Å². The first-order valence-corrected chi connectivity index (χ1v) is 12.3. The molecule has 0 fully saturated rings. The summed E-state index contributed by atoms with van der Waals surface area (Å²) in [6.07, 6.45) is 2.62. The third-order valence-electron chi connectivity index (χ3n) is 6.01. The Morgan fingerprint density at radius 3 is 2.43 bits per heavy atom. The van der Waals surface area contributed by atoms with E-state index in [1.54, 1.807) is 23.0 Å². The Kier molecular flexibility index (Phi) is 5.65. The molecule has 0 bridgehead atoms. The number of non-ortho nitro benzene ring substituents is 1. The molecular weight excluding hydrogens is 468 g/mol. The lowest BCUT2D eigenvalue weighted by molar-refractivity contribution is -0.384. The Morgan fingerprint density at radius 1 is 0.971 bits per heavy atom. The number of rotatable bonds is 6. The van der Waals surface area contributed by atoms with Crippen LogP contribution in [-0.2, 0) is 16.4 Å². The van der Waals surface area contributed by atoms with Crippen LogP contribution in [0.3, 0.4) is 0 Å². The number of anilines is 1. The van der Waals surface area contributed by atoms with Gasteiger partial charge in [-0.2, -0.15) is 5.10 Å². The zero-order chi connectivity index (χ0) is 24.6. The number of sulfonamides is 1. The number of nitrogens with zero attached hydrogens (tertiary/aromatic N) is 3. The second kappa shape index (κ2) is 8.80. The van der Waals surface area contributed by atoms with E-state index in [0.717, 1.165) is 17.3 Å². The third-order valence-corrected chi connectivity index (χ3v) is 7.41. The van der Waals surface area contributed by atoms with Crippen molar-refractivity contribution in [3.05, 3.63) is 112 Å². The van der Waals surface area contributed by atoms with Crippen LogP contribution >= 0.6 is 0 Å². The molecule has 10 heteroatoms. The Bertz CT molecular complexity index is 1530. The van der Waals surface area contributed by atoms with Crippen molar-refractivity contribution < 1.29 is 18.1 Å². The van der Waals surface area contributed by atoms with Crippen molar-refractivity contribution in [2.75, 3.05) is 4.72 Å². The smallest absolute Gasteiger partial charge is 0.271 e. The highest BCUT2D eigenvalue weighted by molar-refractivity contribution is 7.92. The van der Waals surface area contributed by atoms with Crippen LogP contribution in [-0.4, -0.2) is 28.9 Å². The number of Topliss-reactive ketones (excluding diaryl/α,β-unsaturated/α-hetero) is 1. The molecule has 35 heavy (non-hydrogen) atoms. The summed E-state index contributed by atoms with van der Waals surface area (Å²) in [6.45, 7) is 0. The van der Waals surface area contributed by atoms with Crippen molar-refractivity contribution in [2.45, 2.75) is 23.7 Å². The first-order valence-electron chi connectivity index (χ1n) is 10.8. The van der Waals surface area contributed by atoms with Crippen LogP contribution in [0, 0.1) is 10.1 Å². The van der Waals surface area contributed by atoms with E-state index in [-0.39, 0.29) is 28.0 Å². The van der Waals surface area contributed by atoms with E-state index in [4.69, 9.17) is 0 Å². The van der Waals surface area contributed by atoms with E-state index < -0.39 is 14.9 Å². The molecule has 0 spiro atoms. The average molecular weight is 489 g/mol. The van der Waals surface area contributed by atoms with Gasteiger partial charge in [0.15, 0.2) is 5.78 Å². The molecule has 1 aliphatic rings. The summed E-state index contributed by atoms with van der Waals surface area (Å²) in [4.78, 5) is 23.1. The fraction of sp³-hybridized carbons (Fsp3) is 0.120. The molecular formula is C25H20N4O5S. The van der Waals surface area contributed by atoms with Crippen molar-refractivity contribution in [3.63, 3.8) is 0 Å². The molecule has 1 aliphatic carbocycles. The van der Waals surface area contributed by atoms with E-state index in [0.29, 0.717) is 24.1 Å². The molecule has 1 atom stereocenters. The van der Waals surface area contributed by atoms with Crippen molar-refractivity contribution >= 4 is 27.2 Å². The molecule has 0 amide bonds. The molecule has 0 aliphatic heterocycles. The van der Waals surface area contributed by atoms with E-state index in [1.807, 2.05) is 30.3 Å². The zero-order valence-corrected chi connectivity index (χ0v) is 19.2. The second-order valence-corrected chi connectivity index (χ2v) is 9.95. The lowest BCUT2D eigenvalue weighted by Crippen LogP contribution is -2.20. The molecule has 5 rings (SSSR count). The lowest BCUT2D eigenvalue weighted by Gasteiger charge is -2.23. The normalized spacial score (nSPS) is 15.4. The first kappa shape index (κ1) is 22.5. The molecule has 1 N–H and O–H groups in total. The van der Waals surface area contributed by atoms with Crippen molar-refractivity contribution in [1.29, 1.82) is 0 Å². The molecule has 1 aromatic heterocycles. The van der Waals surface area contributed by atoms with Crippen LogP contribution in [0.2, 0.25) is 0 Å².